The summed E-state index contributed by atoms with van der Waals surface area (Å²) in [5, 5.41) is 9.37. The van der Waals surface area contributed by atoms with Crippen LogP contribution in [0.5, 0.6) is 0 Å². The van der Waals surface area contributed by atoms with Gasteiger partial charge in [-0.1, -0.05) is 29.8 Å². The normalized spacial score (nSPS) is 14.1. The lowest BCUT2D eigenvalue weighted by Crippen LogP contribution is -2.36. The van der Waals surface area contributed by atoms with Gasteiger partial charge in [-0.15, -0.1) is 6.58 Å². The van der Waals surface area contributed by atoms with Crippen LogP contribution in [0, 0.1) is 13.8 Å². The van der Waals surface area contributed by atoms with E-state index in [1.165, 1.54) is 0 Å². The average molecular weight is 234 g/mol. The molecule has 1 N–H and O–H groups in total. The molecule has 92 valence electrons. The van der Waals surface area contributed by atoms with Gasteiger partial charge in [-0.2, -0.15) is 0 Å². The maximum Gasteiger partial charge on any atom is 0.340 e. The number of carboxylic acids is 1. The fourth-order valence-electron chi connectivity index (χ4n) is 1.73. The highest BCUT2D eigenvalue weighted by Gasteiger charge is 2.37. The van der Waals surface area contributed by atoms with Gasteiger partial charge in [0.25, 0.3) is 0 Å². The van der Waals surface area contributed by atoms with Crippen molar-refractivity contribution < 1.29 is 14.6 Å². The van der Waals surface area contributed by atoms with Crippen LogP contribution in [0.3, 0.4) is 0 Å². The summed E-state index contributed by atoms with van der Waals surface area (Å²) in [5.74, 6) is -0.993. The van der Waals surface area contributed by atoms with E-state index in [4.69, 9.17) is 4.74 Å². The van der Waals surface area contributed by atoms with E-state index in [2.05, 4.69) is 6.58 Å². The number of rotatable bonds is 5. The van der Waals surface area contributed by atoms with Crippen molar-refractivity contribution in [3.05, 3.63) is 47.5 Å². The highest BCUT2D eigenvalue weighted by Crippen LogP contribution is 2.29. The number of aliphatic carboxylic acids is 1. The summed E-state index contributed by atoms with van der Waals surface area (Å²) < 4.78 is 5.44. The minimum absolute atomic E-state index is 0.205. The molecule has 1 unspecified atom stereocenters. The number of carbonyl (C=O) groups is 1. The summed E-state index contributed by atoms with van der Waals surface area (Å²) >= 11 is 0. The number of carboxylic acid groups (broad SMARTS) is 1. The largest absolute Gasteiger partial charge is 0.479 e. The second-order valence-electron chi connectivity index (χ2n) is 4.26. The number of hydrogen-bond donors (Lipinski definition) is 1. The van der Waals surface area contributed by atoms with Gasteiger partial charge in [-0.05, 0) is 31.9 Å². The van der Waals surface area contributed by atoms with Crippen LogP contribution in [-0.2, 0) is 15.1 Å². The van der Waals surface area contributed by atoms with Crippen LogP contribution in [-0.4, -0.2) is 17.7 Å². The lowest BCUT2D eigenvalue weighted by molar-refractivity contribution is -0.163. The smallest absolute Gasteiger partial charge is 0.340 e. The lowest BCUT2D eigenvalue weighted by Gasteiger charge is -2.27. The fourth-order valence-corrected chi connectivity index (χ4v) is 1.73. The topological polar surface area (TPSA) is 46.5 Å². The van der Waals surface area contributed by atoms with Crippen molar-refractivity contribution in [2.75, 3.05) is 6.61 Å². The Morgan fingerprint density at radius 2 is 2.18 bits per heavy atom. The number of aryl methyl sites for hydroxylation is 2. The van der Waals surface area contributed by atoms with Crippen LogP contribution in [0.1, 0.15) is 23.6 Å². The monoisotopic (exact) mass is 234 g/mol. The van der Waals surface area contributed by atoms with Crippen LogP contribution in [0.15, 0.2) is 30.9 Å². The molecule has 0 aliphatic carbocycles. The van der Waals surface area contributed by atoms with E-state index < -0.39 is 11.6 Å². The Morgan fingerprint density at radius 1 is 1.53 bits per heavy atom. The van der Waals surface area contributed by atoms with E-state index in [0.717, 1.165) is 11.1 Å². The minimum Gasteiger partial charge on any atom is -0.479 e. The molecule has 0 saturated heterocycles. The molecule has 3 nitrogen and oxygen atoms in total. The molecule has 0 aliphatic heterocycles. The maximum absolute atomic E-state index is 11.4. The zero-order chi connectivity index (χ0) is 13.1. The molecule has 1 atom stereocenters. The van der Waals surface area contributed by atoms with Crippen molar-refractivity contribution >= 4 is 5.97 Å². The Bertz CT molecular complexity index is 437. The van der Waals surface area contributed by atoms with Crippen LogP contribution < -0.4 is 0 Å². The van der Waals surface area contributed by atoms with E-state index in [0.29, 0.717) is 5.56 Å². The molecular formula is C14H18O3. The maximum atomic E-state index is 11.4. The van der Waals surface area contributed by atoms with Crippen LogP contribution in [0.4, 0.5) is 0 Å². The first-order valence-electron chi connectivity index (χ1n) is 5.48. The van der Waals surface area contributed by atoms with E-state index in [1.54, 1.807) is 13.0 Å². The average Bonchev–Trinajstić information content (AvgIpc) is 2.29. The molecule has 0 aromatic heterocycles. The molecule has 0 fully saturated rings. The van der Waals surface area contributed by atoms with Crippen molar-refractivity contribution in [2.24, 2.45) is 0 Å². The summed E-state index contributed by atoms with van der Waals surface area (Å²) in [6, 6.07) is 5.71. The van der Waals surface area contributed by atoms with Crippen LogP contribution in [0.25, 0.3) is 0 Å². The van der Waals surface area contributed by atoms with Gasteiger partial charge in [0.05, 0.1) is 6.61 Å². The van der Waals surface area contributed by atoms with Crippen LogP contribution >= 0.6 is 0 Å². The van der Waals surface area contributed by atoms with Crippen molar-refractivity contribution in [1.82, 2.24) is 0 Å². The van der Waals surface area contributed by atoms with Gasteiger partial charge in [0.15, 0.2) is 5.60 Å². The summed E-state index contributed by atoms with van der Waals surface area (Å²) in [6.45, 7) is 9.12. The van der Waals surface area contributed by atoms with E-state index in [1.807, 2.05) is 32.0 Å². The summed E-state index contributed by atoms with van der Waals surface area (Å²) in [5.41, 5.74) is 1.28. The Labute approximate surface area is 102 Å². The highest BCUT2D eigenvalue weighted by atomic mass is 16.5. The molecule has 0 radical (unpaired) electrons. The number of hydrogen-bond acceptors (Lipinski definition) is 2. The lowest BCUT2D eigenvalue weighted by atomic mass is 9.90. The molecule has 1 aromatic carbocycles. The fraction of sp³-hybridized carbons (Fsp3) is 0.357. The summed E-state index contributed by atoms with van der Waals surface area (Å²) in [6.07, 6.45) is 1.55. The van der Waals surface area contributed by atoms with Gasteiger partial charge < -0.3 is 9.84 Å². The van der Waals surface area contributed by atoms with Gasteiger partial charge >= 0.3 is 5.97 Å². The van der Waals surface area contributed by atoms with Crippen molar-refractivity contribution in [3.8, 4) is 0 Å². The molecule has 0 aliphatic rings. The zero-order valence-electron chi connectivity index (χ0n) is 10.5. The molecule has 1 aromatic rings. The van der Waals surface area contributed by atoms with Crippen LogP contribution in [0.2, 0.25) is 0 Å². The zero-order valence-corrected chi connectivity index (χ0v) is 10.5. The van der Waals surface area contributed by atoms with Crippen molar-refractivity contribution in [1.29, 1.82) is 0 Å². The molecule has 3 heteroatoms. The summed E-state index contributed by atoms with van der Waals surface area (Å²) in [7, 11) is 0. The van der Waals surface area contributed by atoms with Crippen molar-refractivity contribution in [2.45, 2.75) is 26.4 Å². The SMILES string of the molecule is C=CCOC(C)(C(=O)O)c1cc(C)ccc1C. The van der Waals surface area contributed by atoms with E-state index in [9.17, 15) is 9.90 Å². The molecule has 0 amide bonds. The second-order valence-corrected chi connectivity index (χ2v) is 4.26. The minimum atomic E-state index is -1.33. The van der Waals surface area contributed by atoms with Crippen molar-refractivity contribution in [3.63, 3.8) is 0 Å². The third kappa shape index (κ3) is 2.74. The first-order chi connectivity index (χ1) is 7.91. The Kier molecular flexibility index (Phi) is 4.07. The molecule has 0 spiro atoms. The third-order valence-electron chi connectivity index (χ3n) is 2.81. The molecule has 17 heavy (non-hydrogen) atoms. The molecule has 0 bridgehead atoms. The molecule has 1 rings (SSSR count). The Hall–Kier alpha value is -1.61. The van der Waals surface area contributed by atoms with Gasteiger partial charge in [0.2, 0.25) is 0 Å². The van der Waals surface area contributed by atoms with E-state index in [-0.39, 0.29) is 6.61 Å². The molecular weight excluding hydrogens is 216 g/mol. The van der Waals surface area contributed by atoms with Gasteiger partial charge in [-0.3, -0.25) is 0 Å². The first-order valence-corrected chi connectivity index (χ1v) is 5.48. The predicted octanol–water partition coefficient (Wildman–Crippen LogP) is 2.81. The van der Waals surface area contributed by atoms with E-state index >= 15 is 0 Å². The second kappa shape index (κ2) is 5.15. The molecule has 0 heterocycles. The Morgan fingerprint density at radius 3 is 2.71 bits per heavy atom. The standard InChI is InChI=1S/C14H18O3/c1-5-8-17-14(4,13(15)16)12-9-10(2)6-7-11(12)3/h5-7,9H,1,8H2,2-4H3,(H,15,16). The van der Waals surface area contributed by atoms with Gasteiger partial charge in [0, 0.05) is 0 Å². The Balaban J connectivity index is 3.26. The quantitative estimate of drug-likeness (QED) is 0.797. The summed E-state index contributed by atoms with van der Waals surface area (Å²) in [4.78, 5) is 11.4. The molecule has 0 saturated carbocycles. The highest BCUT2D eigenvalue weighted by molar-refractivity contribution is 5.79. The first kappa shape index (κ1) is 13.5. The number of benzene rings is 1. The van der Waals surface area contributed by atoms with Gasteiger partial charge in [0.1, 0.15) is 0 Å². The predicted molar refractivity (Wildman–Crippen MR) is 67.1 cm³/mol. The number of ether oxygens (including phenoxy) is 1. The van der Waals surface area contributed by atoms with Gasteiger partial charge in [-0.25, -0.2) is 4.79 Å². The third-order valence-corrected chi connectivity index (χ3v) is 2.81.